The van der Waals surface area contributed by atoms with Crippen LogP contribution in [0.4, 0.5) is 8.78 Å². The highest BCUT2D eigenvalue weighted by molar-refractivity contribution is 5.68. The fourth-order valence-corrected chi connectivity index (χ4v) is 5.30. The van der Waals surface area contributed by atoms with Gasteiger partial charge in [0.05, 0.1) is 18.3 Å². The molecule has 2 N–H and O–H groups in total. The van der Waals surface area contributed by atoms with Crippen molar-refractivity contribution in [3.63, 3.8) is 0 Å². The first-order chi connectivity index (χ1) is 17.6. The topological polar surface area (TPSA) is 80.0 Å². The molecule has 0 aromatic heterocycles. The Bertz CT molecular complexity index is 1110. The van der Waals surface area contributed by atoms with Crippen molar-refractivity contribution in [2.75, 3.05) is 39.3 Å². The smallest absolute Gasteiger partial charge is 0.137 e. The summed E-state index contributed by atoms with van der Waals surface area (Å²) in [5.41, 5.74) is 0.444. The van der Waals surface area contributed by atoms with E-state index in [9.17, 15) is 19.9 Å². The highest BCUT2D eigenvalue weighted by Crippen LogP contribution is 2.32. The number of halogens is 2. The monoisotopic (exact) mass is 513 g/mol. The first-order valence-electron chi connectivity index (χ1n) is 13.1. The number of alkyl halides is 1. The van der Waals surface area contributed by atoms with E-state index in [1.807, 2.05) is 0 Å². The Hall–Kier alpha value is -2.57. The summed E-state index contributed by atoms with van der Waals surface area (Å²) in [6, 6.07) is 11.8. The number of benzene rings is 2. The van der Waals surface area contributed by atoms with Crippen molar-refractivity contribution < 1.29 is 23.7 Å². The largest absolute Gasteiger partial charge is 0.492 e. The molecular formula is C29H37F2N3O3. The van der Waals surface area contributed by atoms with E-state index < -0.39 is 23.8 Å². The highest BCUT2D eigenvalue weighted by atomic mass is 19.1. The lowest BCUT2D eigenvalue weighted by molar-refractivity contribution is -0.0457. The van der Waals surface area contributed by atoms with Crippen LogP contribution in [0, 0.1) is 23.1 Å². The number of hydrogen-bond acceptors (Lipinski definition) is 6. The predicted octanol–water partition coefficient (Wildman–Crippen LogP) is 4.65. The molecule has 37 heavy (non-hydrogen) atoms. The van der Waals surface area contributed by atoms with Crippen LogP contribution < -0.4 is 4.74 Å². The maximum absolute atomic E-state index is 15.1. The second-order valence-corrected chi connectivity index (χ2v) is 11.0. The zero-order valence-electron chi connectivity index (χ0n) is 21.7. The Morgan fingerprint density at radius 1 is 1.14 bits per heavy atom. The van der Waals surface area contributed by atoms with Crippen molar-refractivity contribution in [3.05, 3.63) is 53.3 Å². The summed E-state index contributed by atoms with van der Waals surface area (Å²) in [4.78, 5) is 3.88. The molecule has 0 bridgehead atoms. The lowest BCUT2D eigenvalue weighted by Crippen LogP contribution is -2.41. The van der Waals surface area contributed by atoms with Gasteiger partial charge in [-0.25, -0.2) is 8.78 Å². The molecule has 2 saturated heterocycles. The molecule has 2 aliphatic rings. The zero-order chi connectivity index (χ0) is 26.6. The fourth-order valence-electron chi connectivity index (χ4n) is 5.30. The first-order valence-corrected chi connectivity index (χ1v) is 13.1. The van der Waals surface area contributed by atoms with Crippen LogP contribution in [0.25, 0.3) is 11.1 Å². The van der Waals surface area contributed by atoms with E-state index in [1.54, 1.807) is 49.1 Å². The van der Waals surface area contributed by atoms with E-state index in [1.165, 1.54) is 6.07 Å². The summed E-state index contributed by atoms with van der Waals surface area (Å²) >= 11 is 0. The summed E-state index contributed by atoms with van der Waals surface area (Å²) < 4.78 is 35.0. The lowest BCUT2D eigenvalue weighted by Gasteiger charge is -2.34. The molecule has 200 valence electrons. The average Bonchev–Trinajstić information content (AvgIpc) is 2.87. The van der Waals surface area contributed by atoms with Gasteiger partial charge in [0.2, 0.25) is 0 Å². The van der Waals surface area contributed by atoms with Crippen LogP contribution in [0.2, 0.25) is 0 Å². The Kier molecular flexibility index (Phi) is 8.81. The molecule has 2 aromatic rings. The van der Waals surface area contributed by atoms with Crippen LogP contribution in [0.1, 0.15) is 56.9 Å². The molecule has 8 heteroatoms. The zero-order valence-corrected chi connectivity index (χ0v) is 21.7. The van der Waals surface area contributed by atoms with Crippen molar-refractivity contribution in [3.8, 4) is 22.9 Å². The molecular weight excluding hydrogens is 476 g/mol. The Morgan fingerprint density at radius 3 is 2.54 bits per heavy atom. The number of aliphatic hydroxyl groups is 2. The number of aliphatic hydroxyl groups excluding tert-OH is 2. The Morgan fingerprint density at radius 2 is 1.89 bits per heavy atom. The standard InChI is InChI=1S/C29H37F2N3O3/c1-29(2,31)19-33-12-9-20(10-13-33)18-37-27-8-6-21(14-23(27)16-32)25-7-5-22(15-26(25)30)28(36)34-11-3-4-24(35)17-34/h5-8,14-15,20,24,28,35-36H,3-4,9-13,17-19H2,1-2H3/t24-,28+/m0/s1. The number of β-amino-alcohol motifs (C(OH)–C–C–N with tert-alkyl or cyclic N) is 1. The van der Waals surface area contributed by atoms with Crippen LogP contribution >= 0.6 is 0 Å². The van der Waals surface area contributed by atoms with E-state index in [0.717, 1.165) is 32.4 Å². The summed E-state index contributed by atoms with van der Waals surface area (Å²) in [5.74, 6) is 0.312. The predicted molar refractivity (Wildman–Crippen MR) is 138 cm³/mol. The van der Waals surface area contributed by atoms with Gasteiger partial charge in [0.15, 0.2) is 0 Å². The molecule has 2 aromatic carbocycles. The molecule has 2 heterocycles. The number of nitriles is 1. The van der Waals surface area contributed by atoms with Gasteiger partial charge in [0, 0.05) is 25.2 Å². The van der Waals surface area contributed by atoms with Crippen molar-refractivity contribution in [2.24, 2.45) is 5.92 Å². The molecule has 0 saturated carbocycles. The van der Waals surface area contributed by atoms with E-state index in [2.05, 4.69) is 11.0 Å². The van der Waals surface area contributed by atoms with Gasteiger partial charge in [0.25, 0.3) is 0 Å². The minimum atomic E-state index is -1.21. The first kappa shape index (κ1) is 27.5. The number of likely N-dealkylation sites (tertiary alicyclic amines) is 2. The molecule has 0 radical (unpaired) electrons. The van der Waals surface area contributed by atoms with Gasteiger partial charge in [-0.2, -0.15) is 5.26 Å². The second kappa shape index (κ2) is 11.9. The maximum Gasteiger partial charge on any atom is 0.137 e. The molecule has 6 nitrogen and oxygen atoms in total. The van der Waals surface area contributed by atoms with Crippen LogP contribution in [-0.2, 0) is 0 Å². The fraction of sp³-hybridized carbons (Fsp3) is 0.552. The molecule has 0 amide bonds. The van der Waals surface area contributed by atoms with Crippen LogP contribution in [-0.4, -0.2) is 71.1 Å². The summed E-state index contributed by atoms with van der Waals surface area (Å²) in [6.07, 6.45) is 1.83. The average molecular weight is 514 g/mol. The summed E-state index contributed by atoms with van der Waals surface area (Å²) in [5, 5.41) is 30.2. The minimum absolute atomic E-state index is 0.333. The number of rotatable bonds is 8. The summed E-state index contributed by atoms with van der Waals surface area (Å²) in [6.45, 7) is 6.75. The third-order valence-electron chi connectivity index (χ3n) is 7.26. The van der Waals surface area contributed by atoms with Gasteiger partial charge in [0.1, 0.15) is 29.5 Å². The number of hydrogen-bond donors (Lipinski definition) is 2. The number of nitrogens with zero attached hydrogens (tertiary/aromatic N) is 3. The third-order valence-corrected chi connectivity index (χ3v) is 7.26. The minimum Gasteiger partial charge on any atom is -0.492 e. The molecule has 0 spiro atoms. The van der Waals surface area contributed by atoms with Crippen molar-refractivity contribution in [1.29, 1.82) is 5.26 Å². The normalized spacial score (nSPS) is 20.9. The molecule has 0 unspecified atom stereocenters. The second-order valence-electron chi connectivity index (χ2n) is 11.0. The SMILES string of the molecule is CC(C)(F)CN1CCC(COc2ccc(-c3ccc([C@@H](O)N4CCC[C@H](O)C4)cc3F)cc2C#N)CC1. The van der Waals surface area contributed by atoms with Crippen LogP contribution in [0.15, 0.2) is 36.4 Å². The van der Waals surface area contributed by atoms with Crippen LogP contribution in [0.5, 0.6) is 5.75 Å². The van der Waals surface area contributed by atoms with Crippen molar-refractivity contribution >= 4 is 0 Å². The molecule has 0 aliphatic carbocycles. The highest BCUT2D eigenvalue weighted by Gasteiger charge is 2.27. The lowest BCUT2D eigenvalue weighted by atomic mass is 9.96. The number of piperidine rings is 2. The Labute approximate surface area is 218 Å². The molecule has 2 fully saturated rings. The van der Waals surface area contributed by atoms with Gasteiger partial charge in [-0.15, -0.1) is 0 Å². The van der Waals surface area contributed by atoms with E-state index >= 15 is 4.39 Å². The van der Waals surface area contributed by atoms with E-state index in [0.29, 0.717) is 66.6 Å². The summed E-state index contributed by atoms with van der Waals surface area (Å²) in [7, 11) is 0. The number of ether oxygens (including phenoxy) is 1. The quantitative estimate of drug-likeness (QED) is 0.535. The van der Waals surface area contributed by atoms with Crippen molar-refractivity contribution in [2.45, 2.75) is 57.5 Å². The van der Waals surface area contributed by atoms with E-state index in [4.69, 9.17) is 4.74 Å². The van der Waals surface area contributed by atoms with Gasteiger partial charge >= 0.3 is 0 Å². The molecule has 2 aliphatic heterocycles. The van der Waals surface area contributed by atoms with Gasteiger partial charge < -0.3 is 19.8 Å². The van der Waals surface area contributed by atoms with E-state index in [-0.39, 0.29) is 0 Å². The van der Waals surface area contributed by atoms with Gasteiger partial charge in [-0.1, -0.05) is 18.2 Å². The molecule has 2 atom stereocenters. The Balaban J connectivity index is 1.38. The van der Waals surface area contributed by atoms with Gasteiger partial charge in [-0.05, 0) is 87.9 Å². The third kappa shape index (κ3) is 7.26. The maximum atomic E-state index is 15.1. The van der Waals surface area contributed by atoms with Crippen LogP contribution in [0.3, 0.4) is 0 Å². The van der Waals surface area contributed by atoms with Gasteiger partial charge in [-0.3, -0.25) is 4.90 Å². The van der Waals surface area contributed by atoms with Crippen molar-refractivity contribution in [1.82, 2.24) is 9.80 Å². The molecule has 4 rings (SSSR count).